The van der Waals surface area contributed by atoms with Crippen LogP contribution in [0, 0.1) is 18.3 Å². The molecule has 6 nitrogen and oxygen atoms in total. The first-order valence-electron chi connectivity index (χ1n) is 12.7. The zero-order chi connectivity index (χ0) is 25.5. The zero-order valence-corrected chi connectivity index (χ0v) is 20.5. The number of carbonyl (C=O) groups excluding carboxylic acids is 3. The Kier molecular flexibility index (Phi) is 5.87. The smallest absolute Gasteiger partial charge is 0.355 e. The lowest BCUT2D eigenvalue weighted by atomic mass is 9.68. The fourth-order valence-corrected chi connectivity index (χ4v) is 6.03. The SMILES string of the molecule is CCOC(=O)c1c2c(cn1Cc1ccccc1)C[C@H]1C(=O)N(c3ccccc3)C(=O)[C@H]1[C@H]2C1=C[CH]C=C1. The Bertz CT molecular complexity index is 1430. The normalized spacial score (nSPS) is 22.1. The van der Waals surface area contributed by atoms with Gasteiger partial charge < -0.3 is 9.30 Å². The van der Waals surface area contributed by atoms with Crippen LogP contribution in [0.3, 0.4) is 0 Å². The number of hydrogen-bond donors (Lipinski definition) is 0. The first kappa shape index (κ1) is 23.2. The van der Waals surface area contributed by atoms with Crippen LogP contribution < -0.4 is 4.90 Å². The number of amides is 2. The van der Waals surface area contributed by atoms with E-state index < -0.39 is 23.7 Å². The summed E-state index contributed by atoms with van der Waals surface area (Å²) >= 11 is 0. The van der Waals surface area contributed by atoms with Gasteiger partial charge in [0.05, 0.1) is 24.1 Å². The van der Waals surface area contributed by atoms with Gasteiger partial charge in [-0.05, 0) is 47.7 Å². The predicted molar refractivity (Wildman–Crippen MR) is 140 cm³/mol. The molecule has 1 radical (unpaired) electrons. The minimum Gasteiger partial charge on any atom is -0.461 e. The molecule has 2 aliphatic carbocycles. The highest BCUT2D eigenvalue weighted by molar-refractivity contribution is 6.22. The van der Waals surface area contributed by atoms with Gasteiger partial charge in [-0.25, -0.2) is 4.79 Å². The van der Waals surface area contributed by atoms with Crippen molar-refractivity contribution in [2.45, 2.75) is 25.8 Å². The molecule has 0 N–H and O–H groups in total. The third kappa shape index (κ3) is 3.84. The molecule has 3 atom stereocenters. The Balaban J connectivity index is 1.51. The molecule has 3 aromatic rings. The second-order valence-electron chi connectivity index (χ2n) is 9.63. The largest absolute Gasteiger partial charge is 0.461 e. The van der Waals surface area contributed by atoms with Crippen molar-refractivity contribution in [3.05, 3.63) is 119 Å². The number of carbonyl (C=O) groups is 3. The molecule has 6 heteroatoms. The van der Waals surface area contributed by atoms with E-state index in [1.54, 1.807) is 19.1 Å². The van der Waals surface area contributed by atoms with E-state index in [0.717, 1.165) is 22.3 Å². The Morgan fingerprint density at radius 2 is 1.73 bits per heavy atom. The highest BCUT2D eigenvalue weighted by atomic mass is 16.5. The van der Waals surface area contributed by atoms with Crippen LogP contribution in [0.4, 0.5) is 5.69 Å². The number of esters is 1. The van der Waals surface area contributed by atoms with Crippen LogP contribution in [-0.4, -0.2) is 29.0 Å². The van der Waals surface area contributed by atoms with E-state index in [1.807, 2.05) is 83.9 Å². The number of para-hydroxylation sites is 1. The molecule has 1 aromatic heterocycles. The number of ether oxygens (including phenoxy) is 1. The number of anilines is 1. The Morgan fingerprint density at radius 1 is 1.00 bits per heavy atom. The minimum atomic E-state index is -0.594. The molecule has 1 aliphatic heterocycles. The fourth-order valence-electron chi connectivity index (χ4n) is 6.03. The number of imide groups is 1. The molecule has 185 valence electrons. The number of allylic oxidation sites excluding steroid dienone is 4. The number of benzene rings is 2. The minimum absolute atomic E-state index is 0.183. The summed E-state index contributed by atoms with van der Waals surface area (Å²) in [6.45, 7) is 2.52. The molecular formula is C31H27N2O4. The van der Waals surface area contributed by atoms with Gasteiger partial charge in [0.2, 0.25) is 11.8 Å². The summed E-state index contributed by atoms with van der Waals surface area (Å²) in [5.74, 6) is -2.33. The molecule has 2 heterocycles. The third-order valence-corrected chi connectivity index (χ3v) is 7.51. The number of hydrogen-bond acceptors (Lipinski definition) is 4. The third-order valence-electron chi connectivity index (χ3n) is 7.51. The molecule has 0 unspecified atom stereocenters. The molecule has 0 bridgehead atoms. The molecule has 0 spiro atoms. The number of nitrogens with zero attached hydrogens (tertiary/aromatic N) is 2. The van der Waals surface area contributed by atoms with Crippen molar-refractivity contribution in [1.82, 2.24) is 4.57 Å². The summed E-state index contributed by atoms with van der Waals surface area (Å²) in [5, 5.41) is 0. The topological polar surface area (TPSA) is 68.6 Å². The highest BCUT2D eigenvalue weighted by Crippen LogP contribution is 2.51. The maximum absolute atomic E-state index is 14.0. The first-order valence-corrected chi connectivity index (χ1v) is 12.7. The van der Waals surface area contributed by atoms with Crippen LogP contribution in [0.15, 0.2) is 90.7 Å². The molecule has 37 heavy (non-hydrogen) atoms. The standard InChI is InChI=1S/C31H27N2O4/c1-2-37-31(36)28-26-22(19-32(28)18-20-11-5-3-6-12-20)17-24-27(25(26)21-13-9-10-14-21)30(35)33(29(24)34)23-15-7-4-8-16-23/h3-16,19,24-25,27H,2,17-18H2,1H3/t24-,25+,27-/m1/s1. The lowest BCUT2D eigenvalue weighted by molar-refractivity contribution is -0.122. The first-order chi connectivity index (χ1) is 18.1. The van der Waals surface area contributed by atoms with E-state index in [-0.39, 0.29) is 18.4 Å². The number of fused-ring (bicyclic) bond motifs is 2. The van der Waals surface area contributed by atoms with E-state index >= 15 is 0 Å². The zero-order valence-electron chi connectivity index (χ0n) is 20.5. The molecule has 6 rings (SSSR count). The summed E-state index contributed by atoms with van der Waals surface area (Å²) in [4.78, 5) is 42.4. The van der Waals surface area contributed by atoms with Crippen LogP contribution >= 0.6 is 0 Å². The molecule has 1 fully saturated rings. The average Bonchev–Trinajstić information content (AvgIpc) is 3.62. The van der Waals surface area contributed by atoms with E-state index in [9.17, 15) is 14.4 Å². The molecule has 1 saturated heterocycles. The van der Waals surface area contributed by atoms with Crippen molar-refractivity contribution >= 4 is 23.5 Å². The van der Waals surface area contributed by atoms with Crippen LogP contribution in [0.5, 0.6) is 0 Å². The molecule has 2 amide bonds. The van der Waals surface area contributed by atoms with Crippen molar-refractivity contribution in [1.29, 1.82) is 0 Å². The maximum atomic E-state index is 14.0. The van der Waals surface area contributed by atoms with Gasteiger partial charge in [0.1, 0.15) is 5.69 Å². The van der Waals surface area contributed by atoms with Gasteiger partial charge >= 0.3 is 5.97 Å². The predicted octanol–water partition coefficient (Wildman–Crippen LogP) is 4.86. The summed E-state index contributed by atoms with van der Waals surface area (Å²) in [5.41, 5.74) is 4.74. The van der Waals surface area contributed by atoms with Crippen molar-refractivity contribution in [3.8, 4) is 0 Å². The fraction of sp³-hybridized carbons (Fsp3) is 0.226. The Labute approximate surface area is 215 Å². The summed E-state index contributed by atoms with van der Waals surface area (Å²) in [6, 6.07) is 19.0. The Hall–Kier alpha value is -4.19. The van der Waals surface area contributed by atoms with Gasteiger partial charge in [0.15, 0.2) is 0 Å². The van der Waals surface area contributed by atoms with E-state index in [4.69, 9.17) is 4.74 Å². The molecule has 3 aliphatic rings. The van der Waals surface area contributed by atoms with Gasteiger partial charge in [-0.1, -0.05) is 66.8 Å². The monoisotopic (exact) mass is 491 g/mol. The second kappa shape index (κ2) is 9.36. The second-order valence-corrected chi connectivity index (χ2v) is 9.63. The van der Waals surface area contributed by atoms with Crippen LogP contribution in [-0.2, 0) is 27.3 Å². The van der Waals surface area contributed by atoms with Gasteiger partial charge in [-0.3, -0.25) is 14.5 Å². The van der Waals surface area contributed by atoms with Crippen LogP contribution in [0.25, 0.3) is 0 Å². The van der Waals surface area contributed by atoms with E-state index in [1.165, 1.54) is 4.90 Å². The van der Waals surface area contributed by atoms with Gasteiger partial charge in [0.25, 0.3) is 0 Å². The van der Waals surface area contributed by atoms with Gasteiger partial charge in [0, 0.05) is 25.1 Å². The van der Waals surface area contributed by atoms with Crippen LogP contribution in [0.2, 0.25) is 0 Å². The van der Waals surface area contributed by atoms with Crippen molar-refractivity contribution in [3.63, 3.8) is 0 Å². The van der Waals surface area contributed by atoms with Crippen molar-refractivity contribution < 1.29 is 19.1 Å². The number of aromatic nitrogens is 1. The van der Waals surface area contributed by atoms with E-state index in [2.05, 4.69) is 0 Å². The van der Waals surface area contributed by atoms with E-state index in [0.29, 0.717) is 24.3 Å². The molecule has 0 saturated carbocycles. The maximum Gasteiger partial charge on any atom is 0.355 e. The lowest BCUT2D eigenvalue weighted by Crippen LogP contribution is -2.33. The van der Waals surface area contributed by atoms with Crippen molar-refractivity contribution in [2.24, 2.45) is 11.8 Å². The summed E-state index contributed by atoms with van der Waals surface area (Å²) in [6.07, 6.45) is 10.2. The molecule has 2 aromatic carbocycles. The average molecular weight is 492 g/mol. The summed E-state index contributed by atoms with van der Waals surface area (Å²) in [7, 11) is 0. The highest BCUT2D eigenvalue weighted by Gasteiger charge is 2.56. The Morgan fingerprint density at radius 3 is 2.41 bits per heavy atom. The quantitative estimate of drug-likeness (QED) is 0.365. The van der Waals surface area contributed by atoms with Crippen molar-refractivity contribution in [2.75, 3.05) is 11.5 Å². The summed E-state index contributed by atoms with van der Waals surface area (Å²) < 4.78 is 7.45. The van der Waals surface area contributed by atoms with Crippen LogP contribution in [0.1, 0.15) is 40.0 Å². The van der Waals surface area contributed by atoms with Gasteiger partial charge in [-0.2, -0.15) is 0 Å². The lowest BCUT2D eigenvalue weighted by Gasteiger charge is -2.32. The number of rotatable bonds is 6. The molecular weight excluding hydrogens is 464 g/mol. The van der Waals surface area contributed by atoms with Gasteiger partial charge in [-0.15, -0.1) is 0 Å².